The summed E-state index contributed by atoms with van der Waals surface area (Å²) in [6.45, 7) is 1.76. The molecule has 0 aromatic heterocycles. The van der Waals surface area contributed by atoms with Crippen molar-refractivity contribution in [1.82, 2.24) is 0 Å². The van der Waals surface area contributed by atoms with Gasteiger partial charge in [-0.1, -0.05) is 19.1 Å². The van der Waals surface area contributed by atoms with Crippen molar-refractivity contribution in [2.75, 3.05) is 0 Å². The van der Waals surface area contributed by atoms with Crippen LogP contribution in [0, 0.1) is 0 Å². The highest BCUT2D eigenvalue weighted by molar-refractivity contribution is 6.17. The standard InChI is InChI=1S/C11H11ClO2/c1-8(6-13)11-3-2-9(5-12)4-10(11)7-14/h2-4,6-8H,5H2,1H3. The zero-order chi connectivity index (χ0) is 10.6. The lowest BCUT2D eigenvalue weighted by Crippen LogP contribution is -2.00. The maximum atomic E-state index is 10.8. The molecule has 74 valence electrons. The maximum Gasteiger partial charge on any atom is 0.150 e. The fourth-order valence-corrected chi connectivity index (χ4v) is 1.46. The Balaban J connectivity index is 3.17. The number of hydrogen-bond donors (Lipinski definition) is 0. The maximum absolute atomic E-state index is 10.8. The van der Waals surface area contributed by atoms with E-state index >= 15 is 0 Å². The molecule has 0 saturated carbocycles. The Morgan fingerprint density at radius 1 is 1.43 bits per heavy atom. The third-order valence-electron chi connectivity index (χ3n) is 2.13. The average molecular weight is 211 g/mol. The quantitative estimate of drug-likeness (QED) is 0.565. The lowest BCUT2D eigenvalue weighted by molar-refractivity contribution is -0.108. The summed E-state index contributed by atoms with van der Waals surface area (Å²) in [7, 11) is 0. The van der Waals surface area contributed by atoms with E-state index in [1.165, 1.54) is 0 Å². The SMILES string of the molecule is CC(C=O)c1ccc(CCl)cc1C=O. The molecule has 1 unspecified atom stereocenters. The lowest BCUT2D eigenvalue weighted by Gasteiger charge is -2.08. The van der Waals surface area contributed by atoms with Gasteiger partial charge in [0.2, 0.25) is 0 Å². The minimum Gasteiger partial charge on any atom is -0.303 e. The molecule has 3 heteroatoms. The van der Waals surface area contributed by atoms with E-state index in [4.69, 9.17) is 11.6 Å². The van der Waals surface area contributed by atoms with Crippen molar-refractivity contribution in [1.29, 1.82) is 0 Å². The normalized spacial score (nSPS) is 12.1. The Morgan fingerprint density at radius 3 is 2.64 bits per heavy atom. The van der Waals surface area contributed by atoms with Gasteiger partial charge in [-0.05, 0) is 17.2 Å². The summed E-state index contributed by atoms with van der Waals surface area (Å²) in [5.41, 5.74) is 2.18. The molecule has 0 bridgehead atoms. The van der Waals surface area contributed by atoms with Gasteiger partial charge in [0.15, 0.2) is 0 Å². The Bertz CT molecular complexity index is 347. The van der Waals surface area contributed by atoms with Crippen LogP contribution in [0.5, 0.6) is 0 Å². The van der Waals surface area contributed by atoms with Gasteiger partial charge in [-0.15, -0.1) is 11.6 Å². The fourth-order valence-electron chi connectivity index (χ4n) is 1.30. The summed E-state index contributed by atoms with van der Waals surface area (Å²) in [5, 5.41) is 0. The minimum absolute atomic E-state index is 0.250. The molecule has 0 saturated heterocycles. The van der Waals surface area contributed by atoms with Crippen molar-refractivity contribution in [3.8, 4) is 0 Å². The highest BCUT2D eigenvalue weighted by Gasteiger charge is 2.09. The van der Waals surface area contributed by atoms with Gasteiger partial charge < -0.3 is 4.79 Å². The van der Waals surface area contributed by atoms with E-state index in [2.05, 4.69) is 0 Å². The monoisotopic (exact) mass is 210 g/mol. The first kappa shape index (κ1) is 10.9. The molecule has 0 fully saturated rings. The first-order valence-corrected chi connectivity index (χ1v) is 4.85. The molecule has 0 aliphatic heterocycles. The molecule has 1 rings (SSSR count). The second kappa shape index (κ2) is 4.91. The van der Waals surface area contributed by atoms with Gasteiger partial charge in [-0.3, -0.25) is 4.79 Å². The van der Waals surface area contributed by atoms with Crippen LogP contribution in [0.2, 0.25) is 0 Å². The van der Waals surface area contributed by atoms with Crippen molar-refractivity contribution >= 4 is 24.2 Å². The van der Waals surface area contributed by atoms with Crippen LogP contribution in [0.3, 0.4) is 0 Å². The zero-order valence-electron chi connectivity index (χ0n) is 7.87. The van der Waals surface area contributed by atoms with Crippen LogP contribution in [-0.4, -0.2) is 12.6 Å². The summed E-state index contributed by atoms with van der Waals surface area (Å²) < 4.78 is 0. The average Bonchev–Trinajstić information content (AvgIpc) is 2.27. The van der Waals surface area contributed by atoms with E-state index in [0.29, 0.717) is 11.4 Å². The van der Waals surface area contributed by atoms with Gasteiger partial charge in [0.1, 0.15) is 12.6 Å². The number of carbonyl (C=O) groups is 2. The van der Waals surface area contributed by atoms with E-state index < -0.39 is 0 Å². The number of halogens is 1. The molecule has 1 aromatic carbocycles. The predicted octanol–water partition coefficient (Wildman–Crippen LogP) is 2.54. The van der Waals surface area contributed by atoms with Crippen LogP contribution in [0.25, 0.3) is 0 Å². The largest absolute Gasteiger partial charge is 0.303 e. The Kier molecular flexibility index (Phi) is 3.84. The molecule has 0 heterocycles. The number of benzene rings is 1. The van der Waals surface area contributed by atoms with E-state index in [1.54, 1.807) is 19.1 Å². The topological polar surface area (TPSA) is 34.1 Å². The van der Waals surface area contributed by atoms with Gasteiger partial charge in [-0.2, -0.15) is 0 Å². The second-order valence-corrected chi connectivity index (χ2v) is 3.41. The summed E-state index contributed by atoms with van der Waals surface area (Å²) >= 11 is 5.64. The van der Waals surface area contributed by atoms with Crippen LogP contribution in [0.1, 0.15) is 34.3 Å². The summed E-state index contributed by atoms with van der Waals surface area (Å²) in [4.78, 5) is 21.3. The van der Waals surface area contributed by atoms with E-state index in [-0.39, 0.29) is 5.92 Å². The lowest BCUT2D eigenvalue weighted by atomic mass is 9.96. The fraction of sp³-hybridized carbons (Fsp3) is 0.273. The molecule has 0 aliphatic rings. The Hall–Kier alpha value is -1.15. The zero-order valence-corrected chi connectivity index (χ0v) is 8.62. The molecular formula is C11H11ClO2. The van der Waals surface area contributed by atoms with Crippen LogP contribution in [-0.2, 0) is 10.7 Å². The molecule has 1 aromatic rings. The molecule has 0 aliphatic carbocycles. The second-order valence-electron chi connectivity index (χ2n) is 3.14. The number of hydrogen-bond acceptors (Lipinski definition) is 2. The van der Waals surface area contributed by atoms with Crippen molar-refractivity contribution < 1.29 is 9.59 Å². The van der Waals surface area contributed by atoms with E-state index in [0.717, 1.165) is 23.7 Å². The summed E-state index contributed by atoms with van der Waals surface area (Å²) in [5.74, 6) is 0.121. The molecule has 1 atom stereocenters. The van der Waals surface area contributed by atoms with Crippen LogP contribution in [0.4, 0.5) is 0 Å². The highest BCUT2D eigenvalue weighted by atomic mass is 35.5. The summed E-state index contributed by atoms with van der Waals surface area (Å²) in [6.07, 6.45) is 1.58. The van der Waals surface area contributed by atoms with Crippen molar-refractivity contribution in [2.24, 2.45) is 0 Å². The Labute approximate surface area is 87.9 Å². The summed E-state index contributed by atoms with van der Waals surface area (Å²) in [6, 6.07) is 5.32. The molecule has 0 spiro atoms. The molecule has 0 N–H and O–H groups in total. The van der Waals surface area contributed by atoms with E-state index in [9.17, 15) is 9.59 Å². The third kappa shape index (κ3) is 2.20. The number of alkyl halides is 1. The van der Waals surface area contributed by atoms with Crippen molar-refractivity contribution in [2.45, 2.75) is 18.7 Å². The first-order chi connectivity index (χ1) is 6.72. The van der Waals surface area contributed by atoms with Crippen LogP contribution >= 0.6 is 11.6 Å². The van der Waals surface area contributed by atoms with Gasteiger partial charge in [0.25, 0.3) is 0 Å². The highest BCUT2D eigenvalue weighted by Crippen LogP contribution is 2.19. The Morgan fingerprint density at radius 2 is 2.14 bits per heavy atom. The molecule has 0 amide bonds. The third-order valence-corrected chi connectivity index (χ3v) is 2.44. The minimum atomic E-state index is -0.250. The number of carbonyl (C=O) groups excluding carboxylic acids is 2. The molecule has 0 radical (unpaired) electrons. The van der Waals surface area contributed by atoms with Gasteiger partial charge in [0.05, 0.1) is 0 Å². The molecule has 2 nitrogen and oxygen atoms in total. The van der Waals surface area contributed by atoms with Crippen molar-refractivity contribution in [3.63, 3.8) is 0 Å². The first-order valence-electron chi connectivity index (χ1n) is 4.32. The number of rotatable bonds is 4. The number of aldehydes is 2. The van der Waals surface area contributed by atoms with Crippen LogP contribution in [0.15, 0.2) is 18.2 Å². The van der Waals surface area contributed by atoms with Crippen LogP contribution < -0.4 is 0 Å². The molecule has 14 heavy (non-hydrogen) atoms. The van der Waals surface area contributed by atoms with Gasteiger partial charge in [-0.25, -0.2) is 0 Å². The van der Waals surface area contributed by atoms with Gasteiger partial charge in [0, 0.05) is 17.4 Å². The van der Waals surface area contributed by atoms with E-state index in [1.807, 2.05) is 6.07 Å². The van der Waals surface area contributed by atoms with Crippen molar-refractivity contribution in [3.05, 3.63) is 34.9 Å². The smallest absolute Gasteiger partial charge is 0.150 e. The molecular weight excluding hydrogens is 200 g/mol. The predicted molar refractivity (Wildman–Crippen MR) is 55.9 cm³/mol. The van der Waals surface area contributed by atoms with Gasteiger partial charge >= 0.3 is 0 Å².